The molecule has 13 aromatic rings. The van der Waals surface area contributed by atoms with Gasteiger partial charge in [0.1, 0.15) is 0 Å². The lowest BCUT2D eigenvalue weighted by molar-refractivity contribution is 1.17. The lowest BCUT2D eigenvalue weighted by atomic mass is 9.98. The zero-order chi connectivity index (χ0) is 43.3. The van der Waals surface area contributed by atoms with Gasteiger partial charge in [0, 0.05) is 55.8 Å². The van der Waals surface area contributed by atoms with Crippen LogP contribution in [0.4, 0.5) is 0 Å². The van der Waals surface area contributed by atoms with Gasteiger partial charge in [-0.15, -0.1) is 0 Å². The Kier molecular flexibility index (Phi) is 7.95. The van der Waals surface area contributed by atoms with E-state index in [0.29, 0.717) is 0 Å². The molecular weight excluding hydrogens is 801 g/mol. The number of rotatable bonds is 6. The summed E-state index contributed by atoms with van der Waals surface area (Å²) in [6.07, 6.45) is 2.00. The third-order valence-corrected chi connectivity index (χ3v) is 13.7. The van der Waals surface area contributed by atoms with E-state index in [-0.39, 0.29) is 0 Å². The number of aromatic nitrogens is 4. The van der Waals surface area contributed by atoms with Crippen molar-refractivity contribution in [2.45, 2.75) is 0 Å². The lowest BCUT2D eigenvalue weighted by Crippen LogP contribution is -1.96. The minimum Gasteiger partial charge on any atom is -0.309 e. The summed E-state index contributed by atoms with van der Waals surface area (Å²) in [5.74, 6) is 0.727. The number of fused-ring (bicyclic) bond motifs is 9. The van der Waals surface area contributed by atoms with Crippen molar-refractivity contribution in [1.82, 2.24) is 19.1 Å². The van der Waals surface area contributed by atoms with Crippen LogP contribution in [0.5, 0.6) is 0 Å². The van der Waals surface area contributed by atoms with Crippen LogP contribution in [0, 0.1) is 0 Å². The maximum Gasteiger partial charge on any atom is 0.159 e. The van der Waals surface area contributed by atoms with Crippen LogP contribution in [0.25, 0.3) is 133 Å². The third kappa shape index (κ3) is 5.58. The molecule has 3 heterocycles. The fraction of sp³-hybridized carbons (Fsp3) is 0. The van der Waals surface area contributed by atoms with E-state index in [0.717, 1.165) is 45.1 Å². The van der Waals surface area contributed by atoms with Gasteiger partial charge in [-0.2, -0.15) is 0 Å². The van der Waals surface area contributed by atoms with Gasteiger partial charge in [0.2, 0.25) is 0 Å². The average Bonchev–Trinajstić information content (AvgIpc) is 4.02. The summed E-state index contributed by atoms with van der Waals surface area (Å²) in [5.41, 5.74) is 19.6. The van der Waals surface area contributed by atoms with Crippen molar-refractivity contribution < 1.29 is 0 Å². The molecule has 0 N–H and O–H groups in total. The van der Waals surface area contributed by atoms with Crippen LogP contribution in [-0.4, -0.2) is 19.1 Å². The van der Waals surface area contributed by atoms with Crippen molar-refractivity contribution in [1.29, 1.82) is 0 Å². The van der Waals surface area contributed by atoms with Gasteiger partial charge in [0.25, 0.3) is 0 Å². The fourth-order valence-corrected chi connectivity index (χ4v) is 10.6. The number of benzene rings is 10. The third-order valence-electron chi connectivity index (χ3n) is 13.7. The van der Waals surface area contributed by atoms with Crippen LogP contribution in [-0.2, 0) is 0 Å². The van der Waals surface area contributed by atoms with Crippen molar-refractivity contribution >= 4 is 54.4 Å². The SMILES string of the molecule is c1ccc(-c2ccc3c(c2)c2cc(-c4ccc5c(c4)c4cc(-c6ccccc6)ccc4n5-c4ccc(-c5ncc6c(n5)-c5cccc7cccc-6c57)cc4)ccc2n3-c2ccccc2)cc1. The van der Waals surface area contributed by atoms with Crippen molar-refractivity contribution in [2.24, 2.45) is 0 Å². The molecule has 0 bridgehead atoms. The minimum atomic E-state index is 0.727. The lowest BCUT2D eigenvalue weighted by Gasteiger charge is -2.11. The predicted octanol–water partition coefficient (Wildman–Crippen LogP) is 16.1. The summed E-state index contributed by atoms with van der Waals surface area (Å²) < 4.78 is 4.79. The Morgan fingerprint density at radius 3 is 1.23 bits per heavy atom. The molecule has 10 aromatic carbocycles. The van der Waals surface area contributed by atoms with Gasteiger partial charge >= 0.3 is 0 Å². The molecule has 14 rings (SSSR count). The van der Waals surface area contributed by atoms with E-state index < -0.39 is 0 Å². The summed E-state index contributed by atoms with van der Waals surface area (Å²) in [4.78, 5) is 10.1. The summed E-state index contributed by atoms with van der Waals surface area (Å²) in [5, 5.41) is 7.37. The van der Waals surface area contributed by atoms with Gasteiger partial charge in [-0.3, -0.25) is 0 Å². The monoisotopic (exact) mass is 838 g/mol. The Balaban J connectivity index is 0.911. The molecule has 66 heavy (non-hydrogen) atoms. The molecule has 1 aliphatic rings. The van der Waals surface area contributed by atoms with Gasteiger partial charge < -0.3 is 9.13 Å². The van der Waals surface area contributed by atoms with Crippen molar-refractivity contribution in [3.05, 3.63) is 231 Å². The highest BCUT2D eigenvalue weighted by atomic mass is 15.0. The maximum atomic E-state index is 5.18. The molecule has 3 aromatic heterocycles. The predicted molar refractivity (Wildman–Crippen MR) is 274 cm³/mol. The largest absolute Gasteiger partial charge is 0.309 e. The summed E-state index contributed by atoms with van der Waals surface area (Å²) >= 11 is 0. The highest BCUT2D eigenvalue weighted by Gasteiger charge is 2.24. The molecule has 0 spiro atoms. The quantitative estimate of drug-likeness (QED) is 0.167. The highest BCUT2D eigenvalue weighted by molar-refractivity contribution is 6.15. The second-order valence-corrected chi connectivity index (χ2v) is 17.4. The zero-order valence-electron chi connectivity index (χ0n) is 35.7. The Bertz CT molecular complexity index is 4070. The Morgan fingerprint density at radius 1 is 0.303 bits per heavy atom. The minimum absolute atomic E-state index is 0.727. The number of hydrogen-bond donors (Lipinski definition) is 0. The molecule has 0 atom stereocenters. The molecule has 4 heteroatoms. The molecule has 0 radical (unpaired) electrons. The summed E-state index contributed by atoms with van der Waals surface area (Å²) in [6.45, 7) is 0. The van der Waals surface area contributed by atoms with E-state index in [1.807, 2.05) is 6.20 Å². The molecule has 306 valence electrons. The second-order valence-electron chi connectivity index (χ2n) is 17.4. The molecule has 1 aliphatic carbocycles. The second kappa shape index (κ2) is 14.3. The fourth-order valence-electron chi connectivity index (χ4n) is 10.6. The Morgan fingerprint density at radius 2 is 0.727 bits per heavy atom. The van der Waals surface area contributed by atoms with Crippen LogP contribution >= 0.6 is 0 Å². The van der Waals surface area contributed by atoms with Crippen molar-refractivity contribution in [2.75, 3.05) is 0 Å². The number of para-hydroxylation sites is 1. The first-order valence-electron chi connectivity index (χ1n) is 22.6. The van der Waals surface area contributed by atoms with E-state index in [9.17, 15) is 0 Å². The summed E-state index contributed by atoms with van der Waals surface area (Å²) in [7, 11) is 0. The molecule has 0 saturated carbocycles. The van der Waals surface area contributed by atoms with E-state index in [2.05, 4.69) is 234 Å². The Hall–Kier alpha value is -8.86. The molecule has 0 amide bonds. The van der Waals surface area contributed by atoms with Gasteiger partial charge in [0.05, 0.1) is 27.8 Å². The molecule has 4 nitrogen and oxygen atoms in total. The first-order chi connectivity index (χ1) is 32.7. The number of nitrogens with zero attached hydrogens (tertiary/aromatic N) is 4. The molecule has 0 unspecified atom stereocenters. The topological polar surface area (TPSA) is 35.6 Å². The first kappa shape index (κ1) is 36.6. The molecular formula is C62H38N4. The van der Waals surface area contributed by atoms with E-state index in [1.54, 1.807) is 0 Å². The molecule has 0 aliphatic heterocycles. The van der Waals surface area contributed by atoms with E-state index in [4.69, 9.17) is 9.97 Å². The molecule has 0 fully saturated rings. The van der Waals surface area contributed by atoms with Crippen LogP contribution < -0.4 is 0 Å². The first-order valence-corrected chi connectivity index (χ1v) is 22.6. The van der Waals surface area contributed by atoms with Crippen LogP contribution in [0.2, 0.25) is 0 Å². The van der Waals surface area contributed by atoms with E-state index >= 15 is 0 Å². The van der Waals surface area contributed by atoms with Gasteiger partial charge in [0.15, 0.2) is 5.82 Å². The van der Waals surface area contributed by atoms with Crippen LogP contribution in [0.3, 0.4) is 0 Å². The Labute approximate surface area is 381 Å². The number of hydrogen-bond acceptors (Lipinski definition) is 2. The normalized spacial score (nSPS) is 11.9. The average molecular weight is 839 g/mol. The van der Waals surface area contributed by atoms with Gasteiger partial charge in [-0.25, -0.2) is 9.97 Å². The standard InChI is InChI=1S/C62H38N4/c1-4-12-39(13-5-1)43-24-30-56-51(34-43)53-36-45(26-32-57(53)65(56)47-18-8-3-9-19-47)46-27-33-59-54(37-46)52-35-44(40-14-6-2-7-15-40)25-31-58(52)66(59)48-28-22-42(23-29-48)62-63-38-55-49-20-10-16-41-17-11-21-50(60(41)49)61(55)64-62/h1-38H. The maximum absolute atomic E-state index is 5.18. The zero-order valence-corrected chi connectivity index (χ0v) is 35.7. The smallest absolute Gasteiger partial charge is 0.159 e. The van der Waals surface area contributed by atoms with Gasteiger partial charge in [-0.1, -0.05) is 140 Å². The molecule has 0 saturated heterocycles. The van der Waals surface area contributed by atoms with Crippen LogP contribution in [0.1, 0.15) is 0 Å². The van der Waals surface area contributed by atoms with Crippen molar-refractivity contribution in [3.8, 4) is 78.5 Å². The van der Waals surface area contributed by atoms with Crippen molar-refractivity contribution in [3.63, 3.8) is 0 Å². The summed E-state index contributed by atoms with van der Waals surface area (Å²) in [6, 6.07) is 81.5. The van der Waals surface area contributed by atoms with E-state index in [1.165, 1.54) is 87.9 Å². The van der Waals surface area contributed by atoms with Gasteiger partial charge in [-0.05, 0) is 135 Å². The highest BCUT2D eigenvalue weighted by Crippen LogP contribution is 2.46. The van der Waals surface area contributed by atoms with Crippen LogP contribution in [0.15, 0.2) is 231 Å².